The van der Waals surface area contributed by atoms with Gasteiger partial charge in [-0.05, 0) is 34.1 Å². The molecule has 42 heavy (non-hydrogen) atoms. The van der Waals surface area contributed by atoms with Gasteiger partial charge in [0.15, 0.2) is 0 Å². The fourth-order valence-corrected chi connectivity index (χ4v) is 5.95. The molecule has 0 spiro atoms. The quantitative estimate of drug-likeness (QED) is 0.294. The van der Waals surface area contributed by atoms with Gasteiger partial charge in [0.25, 0.3) is 7.37 Å². The number of nitrogens with zero attached hydrogens (tertiary/aromatic N) is 2. The van der Waals surface area contributed by atoms with Crippen LogP contribution in [0.2, 0.25) is 0 Å². The van der Waals surface area contributed by atoms with Gasteiger partial charge in [-0.25, -0.2) is 0 Å². The van der Waals surface area contributed by atoms with E-state index >= 15 is 0 Å². The SMILES string of the molecule is CC(C)(C)c1cc([N+](=O)[O-])c2c(c1)P(=O)(O)c1cc(C(C)(C)C)cc([N+](=O)[O-])c1OCCOCCOCCOCCO2. The molecule has 3 rings (SSSR count). The minimum atomic E-state index is -4.87. The van der Waals surface area contributed by atoms with Crippen LogP contribution in [0.25, 0.3) is 0 Å². The van der Waals surface area contributed by atoms with Crippen LogP contribution in [0.1, 0.15) is 52.7 Å². The Morgan fingerprint density at radius 2 is 0.952 bits per heavy atom. The highest BCUT2D eigenvalue weighted by Gasteiger charge is 2.41. The number of ether oxygens (including phenoxy) is 5. The van der Waals surface area contributed by atoms with E-state index in [1.807, 2.05) is 0 Å². The summed E-state index contributed by atoms with van der Waals surface area (Å²) < 4.78 is 42.6. The molecule has 0 atom stereocenters. The first kappa shape index (κ1) is 33.4. The lowest BCUT2D eigenvalue weighted by Crippen LogP contribution is -2.27. The molecule has 1 aliphatic heterocycles. The zero-order valence-corrected chi connectivity index (χ0v) is 25.7. The zero-order valence-electron chi connectivity index (χ0n) is 24.8. The molecule has 0 aromatic heterocycles. The average molecular weight is 611 g/mol. The summed E-state index contributed by atoms with van der Waals surface area (Å²) >= 11 is 0. The van der Waals surface area contributed by atoms with Gasteiger partial charge in [0.2, 0.25) is 11.5 Å². The molecule has 2 aromatic rings. The van der Waals surface area contributed by atoms with Crippen molar-refractivity contribution >= 4 is 29.4 Å². The van der Waals surface area contributed by atoms with Crippen LogP contribution in [0.4, 0.5) is 11.4 Å². The topological polar surface area (TPSA) is 170 Å². The fraction of sp³-hybridized carbons (Fsp3) is 0.571. The molecule has 1 aliphatic rings. The van der Waals surface area contributed by atoms with Gasteiger partial charge in [0, 0.05) is 12.1 Å². The number of hydrogen-bond donors (Lipinski definition) is 1. The van der Waals surface area contributed by atoms with Crippen molar-refractivity contribution in [2.75, 3.05) is 52.9 Å². The number of hydrogen-bond acceptors (Lipinski definition) is 10. The van der Waals surface area contributed by atoms with E-state index in [0.717, 1.165) is 0 Å². The maximum Gasteiger partial charge on any atom is 0.312 e. The summed E-state index contributed by atoms with van der Waals surface area (Å²) in [5, 5.41) is 23.8. The Balaban J connectivity index is 2.37. The Kier molecular flexibility index (Phi) is 10.7. The van der Waals surface area contributed by atoms with E-state index in [2.05, 4.69) is 0 Å². The van der Waals surface area contributed by atoms with Gasteiger partial charge >= 0.3 is 11.4 Å². The van der Waals surface area contributed by atoms with E-state index in [0.29, 0.717) is 11.1 Å². The Morgan fingerprint density at radius 1 is 0.643 bits per heavy atom. The van der Waals surface area contributed by atoms with Crippen LogP contribution in [-0.4, -0.2) is 67.6 Å². The fourth-order valence-electron chi connectivity index (χ4n) is 4.16. The van der Waals surface area contributed by atoms with Gasteiger partial charge in [0.05, 0.1) is 60.1 Å². The van der Waals surface area contributed by atoms with Crippen LogP contribution in [0.15, 0.2) is 24.3 Å². The van der Waals surface area contributed by atoms with Crippen LogP contribution in [0, 0.1) is 20.2 Å². The van der Waals surface area contributed by atoms with Gasteiger partial charge in [-0.3, -0.25) is 24.8 Å². The van der Waals surface area contributed by atoms with Crippen molar-refractivity contribution in [2.45, 2.75) is 52.4 Å². The van der Waals surface area contributed by atoms with Gasteiger partial charge in [-0.1, -0.05) is 41.5 Å². The third-order valence-electron chi connectivity index (χ3n) is 6.57. The summed E-state index contributed by atoms with van der Waals surface area (Å²) in [6, 6.07) is 5.39. The van der Waals surface area contributed by atoms with E-state index in [9.17, 15) is 29.7 Å². The summed E-state index contributed by atoms with van der Waals surface area (Å²) in [7, 11) is -4.87. The molecule has 232 valence electrons. The zero-order chi connectivity index (χ0) is 31.3. The maximum atomic E-state index is 14.7. The van der Waals surface area contributed by atoms with Crippen LogP contribution >= 0.6 is 7.37 Å². The molecule has 0 fully saturated rings. The highest BCUT2D eigenvalue weighted by molar-refractivity contribution is 7.74. The third-order valence-corrected chi connectivity index (χ3v) is 8.54. The monoisotopic (exact) mass is 610 g/mol. The molecule has 0 unspecified atom stereocenters. The lowest BCUT2D eigenvalue weighted by Gasteiger charge is -2.26. The third kappa shape index (κ3) is 8.05. The first-order chi connectivity index (χ1) is 19.5. The normalized spacial score (nSPS) is 17.4. The minimum Gasteiger partial charge on any atom is -0.484 e. The molecule has 14 heteroatoms. The highest BCUT2D eigenvalue weighted by atomic mass is 31.2. The van der Waals surface area contributed by atoms with E-state index in [4.69, 9.17) is 23.7 Å². The summed E-state index contributed by atoms with van der Waals surface area (Å²) in [4.78, 5) is 35.1. The standard InChI is InChI=1S/C28H39N2O11P/c1-27(2,3)19-15-21(29(31)32)25-23(17-19)42(35,36)24-18-20(28(4,5)6)16-22(30(33)34)26(24)41-14-12-39-10-8-37-7-9-38-11-13-40-25/h15-18H,7-14H2,1-6H3,(H,35,36). The number of fused-ring (bicyclic) bond motifs is 2. The van der Waals surface area contributed by atoms with E-state index in [-0.39, 0.29) is 63.5 Å². The van der Waals surface area contributed by atoms with Gasteiger partial charge in [-0.15, -0.1) is 0 Å². The Hall–Kier alpha value is -3.09. The number of nitro groups is 2. The van der Waals surface area contributed by atoms with E-state index in [1.54, 1.807) is 41.5 Å². The number of nitro benzene ring substituents is 2. The van der Waals surface area contributed by atoms with Crippen molar-refractivity contribution < 1.29 is 43.0 Å². The second-order valence-corrected chi connectivity index (χ2v) is 13.9. The molecule has 0 saturated heterocycles. The molecule has 0 bridgehead atoms. The molecule has 0 saturated carbocycles. The van der Waals surface area contributed by atoms with E-state index < -0.39 is 50.9 Å². The summed E-state index contributed by atoms with van der Waals surface area (Å²) in [6.45, 7) is 11.5. The smallest absolute Gasteiger partial charge is 0.312 e. The van der Waals surface area contributed by atoms with Crippen molar-refractivity contribution in [3.8, 4) is 11.5 Å². The van der Waals surface area contributed by atoms with Crippen molar-refractivity contribution in [2.24, 2.45) is 0 Å². The van der Waals surface area contributed by atoms with Crippen LogP contribution in [0.5, 0.6) is 11.5 Å². The van der Waals surface area contributed by atoms with Crippen LogP contribution in [-0.2, 0) is 29.6 Å². The van der Waals surface area contributed by atoms with Gasteiger partial charge in [-0.2, -0.15) is 0 Å². The van der Waals surface area contributed by atoms with Crippen LogP contribution in [0.3, 0.4) is 0 Å². The molecule has 0 amide bonds. The highest BCUT2D eigenvalue weighted by Crippen LogP contribution is 2.50. The first-order valence-electron chi connectivity index (χ1n) is 13.5. The molecular formula is C28H39N2O11P. The van der Waals surface area contributed by atoms with Gasteiger partial charge < -0.3 is 28.6 Å². The predicted molar refractivity (Wildman–Crippen MR) is 156 cm³/mol. The summed E-state index contributed by atoms with van der Waals surface area (Å²) in [5.74, 6) is -0.837. The van der Waals surface area contributed by atoms with Crippen molar-refractivity contribution in [3.05, 3.63) is 55.6 Å². The lowest BCUT2D eigenvalue weighted by atomic mass is 9.86. The second-order valence-electron chi connectivity index (χ2n) is 11.8. The summed E-state index contributed by atoms with van der Waals surface area (Å²) in [5.41, 5.74) is -1.55. The summed E-state index contributed by atoms with van der Waals surface area (Å²) in [6.07, 6.45) is 0. The van der Waals surface area contributed by atoms with Crippen molar-refractivity contribution in [3.63, 3.8) is 0 Å². The molecule has 0 radical (unpaired) electrons. The molecular weight excluding hydrogens is 571 g/mol. The first-order valence-corrected chi connectivity index (χ1v) is 15.2. The predicted octanol–water partition coefficient (Wildman–Crippen LogP) is 4.14. The Labute approximate surface area is 244 Å². The van der Waals surface area contributed by atoms with Crippen LogP contribution < -0.4 is 20.1 Å². The largest absolute Gasteiger partial charge is 0.484 e. The van der Waals surface area contributed by atoms with Gasteiger partial charge in [0.1, 0.15) is 13.2 Å². The lowest BCUT2D eigenvalue weighted by molar-refractivity contribution is -0.386. The van der Waals surface area contributed by atoms with Crippen molar-refractivity contribution in [1.82, 2.24) is 0 Å². The molecule has 13 nitrogen and oxygen atoms in total. The van der Waals surface area contributed by atoms with E-state index in [1.165, 1.54) is 24.3 Å². The molecule has 0 aliphatic carbocycles. The Bertz CT molecular complexity index is 1250. The average Bonchev–Trinajstić information content (AvgIpc) is 2.88. The molecule has 1 heterocycles. The molecule has 1 N–H and O–H groups in total. The number of rotatable bonds is 2. The molecule has 2 aromatic carbocycles. The maximum absolute atomic E-state index is 14.7. The Morgan fingerprint density at radius 3 is 1.24 bits per heavy atom. The van der Waals surface area contributed by atoms with Crippen molar-refractivity contribution in [1.29, 1.82) is 0 Å². The number of benzene rings is 2. The second kappa shape index (κ2) is 13.5. The minimum absolute atomic E-state index is 0.0204.